The van der Waals surface area contributed by atoms with Gasteiger partial charge in [-0.05, 0) is 58.2 Å². The SMILES string of the molecule is C=C.C=C(C)/C=C(\C=NC)c1cccn2c(-c3cc(F)ccc3F)ncc12.C=C(F)/C=C\C.C=CC.CC.CN. The Kier molecular flexibility index (Phi) is 25.2. The first-order chi connectivity index (χ1) is 19.2. The molecule has 218 valence electrons. The van der Waals surface area contributed by atoms with Crippen LogP contribution in [0.15, 0.2) is 116 Å². The molecule has 3 aromatic rings. The number of pyridine rings is 1. The Balaban J connectivity index is -0.000000770. The number of rotatable bonds is 5. The Hall–Kier alpha value is -4.23. The van der Waals surface area contributed by atoms with Gasteiger partial charge in [0.25, 0.3) is 0 Å². The van der Waals surface area contributed by atoms with Gasteiger partial charge in [-0.3, -0.25) is 9.39 Å². The number of imidazole rings is 1. The van der Waals surface area contributed by atoms with E-state index in [-0.39, 0.29) is 5.56 Å². The van der Waals surface area contributed by atoms with Crippen LogP contribution in [0.1, 0.15) is 40.2 Å². The van der Waals surface area contributed by atoms with E-state index in [0.717, 1.165) is 40.4 Å². The van der Waals surface area contributed by atoms with E-state index < -0.39 is 17.5 Å². The third-order valence-corrected chi connectivity index (χ3v) is 4.07. The zero-order chi connectivity index (χ0) is 31.7. The Morgan fingerprint density at radius 3 is 2.10 bits per heavy atom. The van der Waals surface area contributed by atoms with Gasteiger partial charge >= 0.3 is 0 Å². The lowest BCUT2D eigenvalue weighted by Gasteiger charge is -2.08. The quantitative estimate of drug-likeness (QED) is 0.194. The molecule has 0 atom stereocenters. The second-order valence-corrected chi connectivity index (χ2v) is 7.07. The third-order valence-electron chi connectivity index (χ3n) is 4.07. The van der Waals surface area contributed by atoms with Crippen LogP contribution in [-0.2, 0) is 0 Å². The Bertz CT molecular complexity index is 1250. The van der Waals surface area contributed by atoms with Gasteiger partial charge in [0.05, 0.1) is 17.3 Å². The maximum absolute atomic E-state index is 14.1. The van der Waals surface area contributed by atoms with E-state index in [1.165, 1.54) is 13.1 Å². The fraction of sp³-hybridized carbons (Fsp3) is 0.212. The highest BCUT2D eigenvalue weighted by atomic mass is 19.1. The lowest BCUT2D eigenvalue weighted by Crippen LogP contribution is -1.96. The summed E-state index contributed by atoms with van der Waals surface area (Å²) in [6.07, 6.45) is 11.7. The van der Waals surface area contributed by atoms with Gasteiger partial charge in [-0.2, -0.15) is 0 Å². The van der Waals surface area contributed by atoms with Crippen molar-refractivity contribution in [2.45, 2.75) is 34.6 Å². The average molecular weight is 555 g/mol. The normalized spacial score (nSPS) is 9.82. The molecule has 0 fully saturated rings. The predicted molar refractivity (Wildman–Crippen MR) is 171 cm³/mol. The van der Waals surface area contributed by atoms with Crippen LogP contribution >= 0.6 is 0 Å². The van der Waals surface area contributed by atoms with Gasteiger partial charge < -0.3 is 5.73 Å². The third kappa shape index (κ3) is 14.6. The minimum absolute atomic E-state index is 0.117. The Morgan fingerprint density at radius 2 is 1.65 bits per heavy atom. The standard InChI is InChI=1S/C20H17F2N3.C5H7F.C3H6.C2H6.C2H4.CH5N/c1-13(2)9-14(11-23-3)16-5-4-8-25-19(16)12-24-20(25)17-10-15(21)6-7-18(17)22;1-3-4-5(2)6;1-3-2;3*1-2/h4-12H,1H2,2-3H3;3-4H,2H2,1H3;3H,1H2,2H3;1-2H3;1-2H2;2H2,1H3/b14-9+,23-11?;4-3-;;;;. The Labute approximate surface area is 239 Å². The fourth-order valence-corrected chi connectivity index (χ4v) is 2.90. The molecular formula is C33H45F3N4. The van der Waals surface area contributed by atoms with Crippen molar-refractivity contribution < 1.29 is 13.2 Å². The average Bonchev–Trinajstić information content (AvgIpc) is 3.38. The van der Waals surface area contributed by atoms with Crippen LogP contribution in [0.4, 0.5) is 13.2 Å². The first kappa shape index (κ1) is 40.3. The summed E-state index contributed by atoms with van der Waals surface area (Å²) in [7, 11) is 3.19. The van der Waals surface area contributed by atoms with Crippen molar-refractivity contribution in [2.24, 2.45) is 10.7 Å². The molecule has 40 heavy (non-hydrogen) atoms. The minimum atomic E-state index is -0.521. The molecule has 1 aromatic carbocycles. The van der Waals surface area contributed by atoms with Gasteiger partial charge in [-0.25, -0.2) is 18.2 Å². The van der Waals surface area contributed by atoms with Crippen molar-refractivity contribution in [3.63, 3.8) is 0 Å². The lowest BCUT2D eigenvalue weighted by molar-refractivity contribution is 0.602. The van der Waals surface area contributed by atoms with Crippen LogP contribution in [0.3, 0.4) is 0 Å². The molecule has 0 aliphatic heterocycles. The molecule has 0 radical (unpaired) electrons. The summed E-state index contributed by atoms with van der Waals surface area (Å²) < 4.78 is 40.9. The van der Waals surface area contributed by atoms with Crippen LogP contribution in [0.25, 0.3) is 22.5 Å². The van der Waals surface area contributed by atoms with E-state index in [4.69, 9.17) is 0 Å². The second-order valence-electron chi connectivity index (χ2n) is 7.07. The number of fused-ring (bicyclic) bond motifs is 1. The molecule has 4 nitrogen and oxygen atoms in total. The van der Waals surface area contributed by atoms with Crippen LogP contribution in [0.2, 0.25) is 0 Å². The first-order valence-corrected chi connectivity index (χ1v) is 12.5. The number of halogens is 3. The molecule has 2 aromatic heterocycles. The number of aromatic nitrogens is 2. The summed E-state index contributed by atoms with van der Waals surface area (Å²) in [5.41, 5.74) is 8.02. The second kappa shape index (κ2) is 25.1. The summed E-state index contributed by atoms with van der Waals surface area (Å²) in [6, 6.07) is 7.10. The van der Waals surface area contributed by atoms with Crippen molar-refractivity contribution in [3.05, 3.63) is 129 Å². The van der Waals surface area contributed by atoms with Crippen molar-refractivity contribution in [1.29, 1.82) is 0 Å². The molecule has 7 heteroatoms. The summed E-state index contributed by atoms with van der Waals surface area (Å²) in [5.74, 6) is -1.08. The van der Waals surface area contributed by atoms with E-state index in [2.05, 4.69) is 48.6 Å². The highest BCUT2D eigenvalue weighted by Gasteiger charge is 2.15. The summed E-state index contributed by atoms with van der Waals surface area (Å²) in [4.78, 5) is 8.40. The zero-order valence-corrected chi connectivity index (χ0v) is 25.0. The predicted octanol–water partition coefficient (Wildman–Crippen LogP) is 9.58. The van der Waals surface area contributed by atoms with Gasteiger partial charge in [0, 0.05) is 30.6 Å². The minimum Gasteiger partial charge on any atom is -0.333 e. The molecule has 3 rings (SSSR count). The molecule has 0 bridgehead atoms. The van der Waals surface area contributed by atoms with Crippen LogP contribution in [-0.4, -0.2) is 29.7 Å². The van der Waals surface area contributed by atoms with Crippen LogP contribution in [0, 0.1) is 11.6 Å². The van der Waals surface area contributed by atoms with Gasteiger partial charge in [-0.1, -0.05) is 56.9 Å². The van der Waals surface area contributed by atoms with E-state index in [1.807, 2.05) is 45.9 Å². The number of aliphatic imine (C=N–C) groups is 1. The molecule has 2 heterocycles. The summed E-state index contributed by atoms with van der Waals surface area (Å²) >= 11 is 0. The number of hydrogen-bond acceptors (Lipinski definition) is 3. The monoisotopic (exact) mass is 554 g/mol. The first-order valence-electron chi connectivity index (χ1n) is 12.5. The molecule has 0 aliphatic carbocycles. The largest absolute Gasteiger partial charge is 0.333 e. The van der Waals surface area contributed by atoms with Crippen LogP contribution < -0.4 is 5.73 Å². The number of hydrogen-bond donors (Lipinski definition) is 1. The fourth-order valence-electron chi connectivity index (χ4n) is 2.90. The van der Waals surface area contributed by atoms with E-state index >= 15 is 0 Å². The smallest absolute Gasteiger partial charge is 0.147 e. The molecule has 0 aliphatic rings. The summed E-state index contributed by atoms with van der Waals surface area (Å²) in [5, 5.41) is 0. The van der Waals surface area contributed by atoms with Gasteiger partial charge in [0.1, 0.15) is 23.3 Å². The molecular weight excluding hydrogens is 509 g/mol. The number of nitrogens with zero attached hydrogens (tertiary/aromatic N) is 3. The van der Waals surface area contributed by atoms with Crippen molar-refractivity contribution in [2.75, 3.05) is 14.1 Å². The molecule has 0 saturated heterocycles. The van der Waals surface area contributed by atoms with E-state index in [0.29, 0.717) is 5.82 Å². The molecule has 2 N–H and O–H groups in total. The highest BCUT2D eigenvalue weighted by molar-refractivity contribution is 6.13. The van der Waals surface area contributed by atoms with Crippen molar-refractivity contribution in [3.8, 4) is 11.4 Å². The Morgan fingerprint density at radius 1 is 1.07 bits per heavy atom. The van der Waals surface area contributed by atoms with Crippen molar-refractivity contribution >= 4 is 17.3 Å². The summed E-state index contributed by atoms with van der Waals surface area (Å²) in [6.45, 7) is 25.8. The maximum Gasteiger partial charge on any atom is 0.147 e. The topological polar surface area (TPSA) is 55.7 Å². The lowest BCUT2D eigenvalue weighted by atomic mass is 10.0. The maximum atomic E-state index is 14.1. The van der Waals surface area contributed by atoms with Gasteiger partial charge in [0.15, 0.2) is 0 Å². The molecule has 0 amide bonds. The molecule has 0 spiro atoms. The van der Waals surface area contributed by atoms with Crippen molar-refractivity contribution in [1.82, 2.24) is 9.38 Å². The number of nitrogens with two attached hydrogens (primary N) is 1. The number of allylic oxidation sites excluding steroid dienone is 7. The molecule has 0 unspecified atom stereocenters. The van der Waals surface area contributed by atoms with E-state index in [1.54, 1.807) is 49.1 Å². The highest BCUT2D eigenvalue weighted by Crippen LogP contribution is 2.27. The van der Waals surface area contributed by atoms with Gasteiger partial charge in [0.2, 0.25) is 0 Å². The number of benzene rings is 1. The van der Waals surface area contributed by atoms with Crippen LogP contribution in [0.5, 0.6) is 0 Å². The van der Waals surface area contributed by atoms with Gasteiger partial charge in [-0.15, -0.1) is 19.7 Å². The molecule has 0 saturated carbocycles. The van der Waals surface area contributed by atoms with E-state index in [9.17, 15) is 13.2 Å². The zero-order valence-electron chi connectivity index (χ0n) is 25.0.